The van der Waals surface area contributed by atoms with Gasteiger partial charge in [0, 0.05) is 5.02 Å². The van der Waals surface area contributed by atoms with Crippen LogP contribution in [-0.4, -0.2) is 24.1 Å². The van der Waals surface area contributed by atoms with Gasteiger partial charge in [-0.05, 0) is 56.3 Å². The van der Waals surface area contributed by atoms with Crippen LogP contribution in [0.15, 0.2) is 42.5 Å². The van der Waals surface area contributed by atoms with E-state index in [0.29, 0.717) is 27.0 Å². The first-order valence-electron chi connectivity index (χ1n) is 7.93. The molecule has 0 radical (unpaired) electrons. The normalized spacial score (nSPS) is 12.4. The number of amides is 1. The van der Waals surface area contributed by atoms with Gasteiger partial charge in [0.1, 0.15) is 5.75 Å². The second kappa shape index (κ2) is 9.26. The maximum atomic E-state index is 12.2. The molecular formula is C19H16Cl2N2O4. The Labute approximate surface area is 166 Å². The predicted molar refractivity (Wildman–Crippen MR) is 102 cm³/mol. The van der Waals surface area contributed by atoms with Gasteiger partial charge in [0.15, 0.2) is 12.2 Å². The molecule has 0 heterocycles. The molecule has 0 bridgehead atoms. The number of anilines is 1. The summed E-state index contributed by atoms with van der Waals surface area (Å²) in [5.41, 5.74) is 0.793. The molecule has 0 aliphatic heterocycles. The summed E-state index contributed by atoms with van der Waals surface area (Å²) in [6.45, 7) is 2.93. The molecule has 2 aromatic rings. The third-order valence-corrected chi connectivity index (χ3v) is 4.04. The summed E-state index contributed by atoms with van der Waals surface area (Å²) < 4.78 is 10.6. The Balaban J connectivity index is 1.92. The Kier molecular flexibility index (Phi) is 7.05. The summed E-state index contributed by atoms with van der Waals surface area (Å²) in [5.74, 6) is -0.862. The molecule has 6 nitrogen and oxygen atoms in total. The largest absolute Gasteiger partial charge is 0.479 e. The SMILES string of the molecule is C[C@H](OC(=O)[C@H](C)Oc1ccc(C#N)cc1)C(=O)Nc1cc(Cl)ccc1Cl. The monoisotopic (exact) mass is 406 g/mol. The third kappa shape index (κ3) is 5.88. The zero-order chi connectivity index (χ0) is 20.0. The number of hydrogen-bond acceptors (Lipinski definition) is 5. The molecular weight excluding hydrogens is 391 g/mol. The maximum Gasteiger partial charge on any atom is 0.347 e. The van der Waals surface area contributed by atoms with Gasteiger partial charge in [-0.2, -0.15) is 5.26 Å². The number of benzene rings is 2. The summed E-state index contributed by atoms with van der Waals surface area (Å²) >= 11 is 11.9. The van der Waals surface area contributed by atoms with Crippen LogP contribution < -0.4 is 10.1 Å². The standard InChI is InChI=1S/C19H16Cl2N2O4/c1-11(18(24)23-17-9-14(20)5-8-16(17)21)27-19(25)12(2)26-15-6-3-13(10-22)4-7-15/h3-9,11-12H,1-2H3,(H,23,24)/t11-,12-/m0/s1. The van der Waals surface area contributed by atoms with E-state index in [1.165, 1.54) is 19.9 Å². The van der Waals surface area contributed by atoms with Crippen molar-refractivity contribution in [2.24, 2.45) is 0 Å². The van der Waals surface area contributed by atoms with E-state index >= 15 is 0 Å². The number of hydrogen-bond donors (Lipinski definition) is 1. The van der Waals surface area contributed by atoms with Crippen LogP contribution in [0.5, 0.6) is 5.75 Å². The van der Waals surface area contributed by atoms with Gasteiger partial charge in [0.05, 0.1) is 22.3 Å². The molecule has 0 fully saturated rings. The van der Waals surface area contributed by atoms with E-state index in [2.05, 4.69) is 5.32 Å². The van der Waals surface area contributed by atoms with Crippen LogP contribution in [0.3, 0.4) is 0 Å². The van der Waals surface area contributed by atoms with E-state index < -0.39 is 24.1 Å². The van der Waals surface area contributed by atoms with Crippen molar-refractivity contribution in [3.05, 3.63) is 58.1 Å². The van der Waals surface area contributed by atoms with Gasteiger partial charge in [0.2, 0.25) is 0 Å². The Bertz CT molecular complexity index is 878. The van der Waals surface area contributed by atoms with Gasteiger partial charge in [-0.15, -0.1) is 0 Å². The quantitative estimate of drug-likeness (QED) is 0.725. The van der Waals surface area contributed by atoms with Gasteiger partial charge >= 0.3 is 5.97 Å². The van der Waals surface area contributed by atoms with Gasteiger partial charge in [-0.25, -0.2) is 4.79 Å². The van der Waals surface area contributed by atoms with E-state index in [1.54, 1.807) is 36.4 Å². The molecule has 2 aromatic carbocycles. The molecule has 0 spiro atoms. The highest BCUT2D eigenvalue weighted by molar-refractivity contribution is 6.35. The lowest BCUT2D eigenvalue weighted by Crippen LogP contribution is -2.35. The van der Waals surface area contributed by atoms with Gasteiger partial charge in [-0.1, -0.05) is 23.2 Å². The molecule has 0 saturated heterocycles. The third-order valence-electron chi connectivity index (χ3n) is 3.48. The van der Waals surface area contributed by atoms with Crippen molar-refractivity contribution >= 4 is 40.8 Å². The number of nitriles is 1. The van der Waals surface area contributed by atoms with Crippen molar-refractivity contribution in [3.8, 4) is 11.8 Å². The van der Waals surface area contributed by atoms with Crippen molar-refractivity contribution in [1.82, 2.24) is 0 Å². The van der Waals surface area contributed by atoms with Gasteiger partial charge in [0.25, 0.3) is 5.91 Å². The molecule has 1 N–H and O–H groups in total. The van der Waals surface area contributed by atoms with Crippen LogP contribution in [0.25, 0.3) is 0 Å². The number of carbonyl (C=O) groups excluding carboxylic acids is 2. The summed E-state index contributed by atoms with van der Waals surface area (Å²) in [5, 5.41) is 12.0. The molecule has 0 unspecified atom stereocenters. The average Bonchev–Trinajstić information content (AvgIpc) is 2.65. The maximum absolute atomic E-state index is 12.2. The van der Waals surface area contributed by atoms with Crippen LogP contribution in [0.4, 0.5) is 5.69 Å². The first-order chi connectivity index (χ1) is 12.8. The number of nitrogens with zero attached hydrogens (tertiary/aromatic N) is 1. The number of nitrogens with one attached hydrogen (secondary N) is 1. The molecule has 27 heavy (non-hydrogen) atoms. The number of ether oxygens (including phenoxy) is 2. The fraction of sp³-hybridized carbons (Fsp3) is 0.211. The zero-order valence-electron chi connectivity index (χ0n) is 14.5. The summed E-state index contributed by atoms with van der Waals surface area (Å²) in [6.07, 6.45) is -2.01. The van der Waals surface area contributed by atoms with Crippen LogP contribution in [0, 0.1) is 11.3 Å². The van der Waals surface area contributed by atoms with Crippen molar-refractivity contribution < 1.29 is 19.1 Å². The van der Waals surface area contributed by atoms with Crippen LogP contribution in [0.2, 0.25) is 10.0 Å². The van der Waals surface area contributed by atoms with Crippen LogP contribution in [0.1, 0.15) is 19.4 Å². The Morgan fingerprint density at radius 2 is 1.74 bits per heavy atom. The summed E-state index contributed by atoms with van der Waals surface area (Å²) in [4.78, 5) is 24.3. The Hall–Kier alpha value is -2.75. The molecule has 0 saturated carbocycles. The lowest BCUT2D eigenvalue weighted by atomic mass is 10.2. The Morgan fingerprint density at radius 3 is 2.37 bits per heavy atom. The molecule has 8 heteroatoms. The molecule has 140 valence electrons. The summed E-state index contributed by atoms with van der Waals surface area (Å²) in [7, 11) is 0. The second-order valence-electron chi connectivity index (χ2n) is 5.59. The van der Waals surface area contributed by atoms with E-state index in [1.807, 2.05) is 6.07 Å². The molecule has 1 amide bonds. The zero-order valence-corrected chi connectivity index (χ0v) is 16.0. The van der Waals surface area contributed by atoms with Crippen LogP contribution in [-0.2, 0) is 14.3 Å². The molecule has 0 aliphatic rings. The van der Waals surface area contributed by atoms with Crippen molar-refractivity contribution in [2.45, 2.75) is 26.1 Å². The molecule has 2 atom stereocenters. The highest BCUT2D eigenvalue weighted by Gasteiger charge is 2.23. The smallest absolute Gasteiger partial charge is 0.347 e. The van der Waals surface area contributed by atoms with Crippen molar-refractivity contribution in [3.63, 3.8) is 0 Å². The van der Waals surface area contributed by atoms with E-state index in [-0.39, 0.29) is 0 Å². The van der Waals surface area contributed by atoms with Gasteiger partial charge in [-0.3, -0.25) is 4.79 Å². The summed E-state index contributed by atoms with van der Waals surface area (Å²) in [6, 6.07) is 12.9. The molecule has 0 aromatic heterocycles. The predicted octanol–water partition coefficient (Wildman–Crippen LogP) is 4.20. The molecule has 2 rings (SSSR count). The van der Waals surface area contributed by atoms with E-state index in [9.17, 15) is 9.59 Å². The minimum absolute atomic E-state index is 0.309. The number of halogens is 2. The highest BCUT2D eigenvalue weighted by atomic mass is 35.5. The van der Waals surface area contributed by atoms with E-state index in [0.717, 1.165) is 0 Å². The Morgan fingerprint density at radius 1 is 1.07 bits per heavy atom. The lowest BCUT2D eigenvalue weighted by molar-refractivity contribution is -0.159. The fourth-order valence-electron chi connectivity index (χ4n) is 2.01. The second-order valence-corrected chi connectivity index (χ2v) is 6.43. The number of esters is 1. The first-order valence-corrected chi connectivity index (χ1v) is 8.69. The topological polar surface area (TPSA) is 88.4 Å². The number of carbonyl (C=O) groups is 2. The minimum atomic E-state index is -1.07. The van der Waals surface area contributed by atoms with E-state index in [4.69, 9.17) is 37.9 Å². The lowest BCUT2D eigenvalue weighted by Gasteiger charge is -2.18. The minimum Gasteiger partial charge on any atom is -0.479 e. The molecule has 0 aliphatic carbocycles. The average molecular weight is 407 g/mol. The van der Waals surface area contributed by atoms with Crippen molar-refractivity contribution in [1.29, 1.82) is 5.26 Å². The number of rotatable bonds is 6. The fourth-order valence-corrected chi connectivity index (χ4v) is 2.35. The van der Waals surface area contributed by atoms with Crippen molar-refractivity contribution in [2.75, 3.05) is 5.32 Å². The van der Waals surface area contributed by atoms with Gasteiger partial charge < -0.3 is 14.8 Å². The van der Waals surface area contributed by atoms with Crippen LogP contribution >= 0.6 is 23.2 Å². The first kappa shape index (κ1) is 20.6. The highest BCUT2D eigenvalue weighted by Crippen LogP contribution is 2.25.